The molecule has 0 fully saturated rings. The number of hydrogen-bond acceptors (Lipinski definition) is 6. The van der Waals surface area contributed by atoms with Gasteiger partial charge >= 0.3 is 15.5 Å². The minimum atomic E-state index is -4.63. The molecule has 2 N–H and O–H groups in total. The monoisotopic (exact) mass is 580 g/mol. The standard InChI is InChI=1S/C26H50N2O8P2/c1-7-9-11-13-15-17-21-35-37(31,32)27(25(29)23(3)4)19-20-28(26(30)24(5)6)38(33,34)36-22-18-16-14-12-10-8-2/h3,5,7-22H2,1-2,4,6H3,(H,31,32)(H,33,34). The molecule has 0 heterocycles. The van der Waals surface area contributed by atoms with Crippen LogP contribution in [0.3, 0.4) is 0 Å². The van der Waals surface area contributed by atoms with Gasteiger partial charge in [0, 0.05) is 11.1 Å². The third kappa shape index (κ3) is 14.8. The van der Waals surface area contributed by atoms with Gasteiger partial charge in [0.15, 0.2) is 0 Å². The Labute approximate surface area is 229 Å². The van der Waals surface area contributed by atoms with Crippen LogP contribution in [0.5, 0.6) is 0 Å². The molecule has 0 rings (SSSR count). The predicted molar refractivity (Wildman–Crippen MR) is 151 cm³/mol. The number of carbonyl (C=O) groups is 2. The highest BCUT2D eigenvalue weighted by Gasteiger charge is 2.39. The van der Waals surface area contributed by atoms with Crippen LogP contribution < -0.4 is 0 Å². The third-order valence-electron chi connectivity index (χ3n) is 5.85. The highest BCUT2D eigenvalue weighted by Crippen LogP contribution is 2.50. The second-order valence-corrected chi connectivity index (χ2v) is 13.0. The molecule has 0 saturated heterocycles. The number of amides is 2. The quantitative estimate of drug-likeness (QED) is 0.0770. The van der Waals surface area contributed by atoms with E-state index in [1.807, 2.05) is 0 Å². The molecular formula is C26H50N2O8P2. The molecule has 0 radical (unpaired) electrons. The van der Waals surface area contributed by atoms with E-state index in [0.29, 0.717) is 22.2 Å². The van der Waals surface area contributed by atoms with Crippen molar-refractivity contribution in [3.05, 3.63) is 24.3 Å². The van der Waals surface area contributed by atoms with Gasteiger partial charge in [0.2, 0.25) is 0 Å². The van der Waals surface area contributed by atoms with Gasteiger partial charge in [-0.1, -0.05) is 91.2 Å². The van der Waals surface area contributed by atoms with Gasteiger partial charge in [-0.3, -0.25) is 18.6 Å². The summed E-state index contributed by atoms with van der Waals surface area (Å²) in [6.45, 7) is 12.9. The van der Waals surface area contributed by atoms with E-state index in [1.54, 1.807) is 0 Å². The number of hydrogen-bond donors (Lipinski definition) is 2. The summed E-state index contributed by atoms with van der Waals surface area (Å²) < 4.78 is 37.5. The van der Waals surface area contributed by atoms with Crippen LogP contribution in [-0.2, 0) is 27.8 Å². The van der Waals surface area contributed by atoms with Crippen LogP contribution in [0.4, 0.5) is 0 Å². The van der Waals surface area contributed by atoms with Crippen molar-refractivity contribution in [1.82, 2.24) is 9.34 Å². The summed E-state index contributed by atoms with van der Waals surface area (Å²) in [5, 5.41) is 0. The molecule has 0 aromatic carbocycles. The van der Waals surface area contributed by atoms with Crippen molar-refractivity contribution in [2.45, 2.75) is 105 Å². The van der Waals surface area contributed by atoms with Gasteiger partial charge in [0.25, 0.3) is 11.8 Å². The molecule has 2 amide bonds. The number of rotatable bonds is 23. The zero-order valence-corrected chi connectivity index (χ0v) is 25.6. The lowest BCUT2D eigenvalue weighted by Crippen LogP contribution is -2.39. The Morgan fingerprint density at radius 1 is 0.632 bits per heavy atom. The average molecular weight is 581 g/mol. The van der Waals surface area contributed by atoms with Gasteiger partial charge in [-0.2, -0.15) is 0 Å². The van der Waals surface area contributed by atoms with E-state index in [1.165, 1.54) is 13.8 Å². The Kier molecular flexibility index (Phi) is 19.1. The molecule has 12 heteroatoms. The first-order valence-electron chi connectivity index (χ1n) is 13.7. The van der Waals surface area contributed by atoms with Crippen LogP contribution in [-0.4, -0.2) is 57.2 Å². The van der Waals surface area contributed by atoms with Crippen LogP contribution in [0.2, 0.25) is 0 Å². The maximum Gasteiger partial charge on any atom is 0.435 e. The van der Waals surface area contributed by atoms with E-state index in [2.05, 4.69) is 27.0 Å². The molecule has 2 unspecified atom stereocenters. The third-order valence-corrected chi connectivity index (χ3v) is 8.87. The first-order chi connectivity index (χ1) is 17.8. The van der Waals surface area contributed by atoms with E-state index in [4.69, 9.17) is 9.05 Å². The second kappa shape index (κ2) is 19.7. The van der Waals surface area contributed by atoms with Gasteiger partial charge in [0.05, 0.1) is 26.3 Å². The summed E-state index contributed by atoms with van der Waals surface area (Å²) in [5.41, 5.74) is -0.0431. The van der Waals surface area contributed by atoms with Crippen LogP contribution in [0.1, 0.15) is 105 Å². The summed E-state index contributed by atoms with van der Waals surface area (Å²) in [4.78, 5) is 46.6. The normalized spacial score (nSPS) is 14.4. The molecule has 0 aromatic heterocycles. The lowest BCUT2D eigenvalue weighted by atomic mass is 10.1. The van der Waals surface area contributed by atoms with E-state index < -0.39 is 40.4 Å². The van der Waals surface area contributed by atoms with Crippen molar-refractivity contribution in [1.29, 1.82) is 0 Å². The zero-order chi connectivity index (χ0) is 29.2. The zero-order valence-electron chi connectivity index (χ0n) is 23.9. The summed E-state index contributed by atoms with van der Waals surface area (Å²) >= 11 is 0. The molecule has 0 aliphatic heterocycles. The highest BCUT2D eigenvalue weighted by molar-refractivity contribution is 7.51. The van der Waals surface area contributed by atoms with Crippen LogP contribution in [0.15, 0.2) is 24.3 Å². The molecule has 0 aliphatic rings. The number of unbranched alkanes of at least 4 members (excludes halogenated alkanes) is 10. The summed E-state index contributed by atoms with van der Waals surface area (Å²) in [6, 6.07) is 0. The summed E-state index contributed by atoms with van der Waals surface area (Å²) in [7, 11) is -9.25. The SMILES string of the molecule is C=C(C)C(=O)N(CCN(C(=O)C(=C)C)P(=O)(O)OCCCCCCCC)P(=O)(O)OCCCCCCCC. The molecule has 10 nitrogen and oxygen atoms in total. The van der Waals surface area contributed by atoms with E-state index >= 15 is 0 Å². The molecular weight excluding hydrogens is 530 g/mol. The fraction of sp³-hybridized carbons (Fsp3) is 0.769. The van der Waals surface area contributed by atoms with Crippen molar-refractivity contribution in [2.24, 2.45) is 0 Å². The predicted octanol–water partition coefficient (Wildman–Crippen LogP) is 6.75. The van der Waals surface area contributed by atoms with Gasteiger partial charge in [0.1, 0.15) is 0 Å². The fourth-order valence-electron chi connectivity index (χ4n) is 3.59. The van der Waals surface area contributed by atoms with Crippen molar-refractivity contribution < 1.29 is 37.6 Å². The molecule has 0 saturated carbocycles. The Balaban J connectivity index is 5.35. The Hall–Kier alpha value is -1.28. The topological polar surface area (TPSA) is 134 Å². The lowest BCUT2D eigenvalue weighted by Gasteiger charge is -2.31. The van der Waals surface area contributed by atoms with Gasteiger partial charge in [-0.05, 0) is 26.7 Å². The van der Waals surface area contributed by atoms with Crippen LogP contribution in [0.25, 0.3) is 0 Å². The van der Waals surface area contributed by atoms with Gasteiger partial charge in [-0.15, -0.1) is 0 Å². The van der Waals surface area contributed by atoms with Crippen LogP contribution >= 0.6 is 15.5 Å². The number of nitrogens with zero attached hydrogens (tertiary/aromatic N) is 2. The lowest BCUT2D eigenvalue weighted by molar-refractivity contribution is -0.126. The minimum Gasteiger partial charge on any atom is -0.308 e. The smallest absolute Gasteiger partial charge is 0.308 e. The van der Waals surface area contributed by atoms with E-state index in [-0.39, 0.29) is 24.4 Å². The largest absolute Gasteiger partial charge is 0.435 e. The molecule has 0 spiro atoms. The second-order valence-electron chi connectivity index (χ2n) is 9.60. The summed E-state index contributed by atoms with van der Waals surface area (Å²) in [5.74, 6) is -1.72. The van der Waals surface area contributed by atoms with E-state index in [0.717, 1.165) is 64.2 Å². The minimum absolute atomic E-state index is 0.0216. The molecule has 0 aliphatic carbocycles. The molecule has 0 aromatic rings. The average Bonchev–Trinajstić information content (AvgIpc) is 2.84. The molecule has 0 bridgehead atoms. The van der Waals surface area contributed by atoms with Crippen molar-refractivity contribution in [2.75, 3.05) is 26.3 Å². The van der Waals surface area contributed by atoms with Gasteiger partial charge < -0.3 is 9.79 Å². The first kappa shape index (κ1) is 36.7. The fourth-order valence-corrected chi connectivity index (χ4v) is 6.08. The van der Waals surface area contributed by atoms with Crippen molar-refractivity contribution in [3.8, 4) is 0 Å². The summed E-state index contributed by atoms with van der Waals surface area (Å²) in [6.07, 6.45) is 11.3. The highest BCUT2D eigenvalue weighted by atomic mass is 31.2. The Morgan fingerprint density at radius 3 is 1.21 bits per heavy atom. The first-order valence-corrected chi connectivity index (χ1v) is 16.8. The van der Waals surface area contributed by atoms with Gasteiger partial charge in [-0.25, -0.2) is 18.5 Å². The maximum absolute atomic E-state index is 13.0. The molecule has 38 heavy (non-hydrogen) atoms. The molecule has 222 valence electrons. The Bertz CT molecular complexity index is 781. The maximum atomic E-state index is 13.0. The molecule has 2 atom stereocenters. The van der Waals surface area contributed by atoms with Crippen molar-refractivity contribution >= 4 is 27.3 Å². The van der Waals surface area contributed by atoms with E-state index in [9.17, 15) is 28.5 Å². The van der Waals surface area contributed by atoms with Crippen molar-refractivity contribution in [3.63, 3.8) is 0 Å². The Morgan fingerprint density at radius 2 is 0.921 bits per heavy atom. The van der Waals surface area contributed by atoms with Crippen LogP contribution in [0, 0.1) is 0 Å². The number of carbonyl (C=O) groups excluding carboxylic acids is 2.